The van der Waals surface area contributed by atoms with Gasteiger partial charge in [-0.2, -0.15) is 0 Å². The summed E-state index contributed by atoms with van der Waals surface area (Å²) in [5, 5.41) is 13.1. The van der Waals surface area contributed by atoms with Gasteiger partial charge in [0.1, 0.15) is 5.75 Å². The minimum Gasteiger partial charge on any atom is 0 e. The molecule has 0 saturated heterocycles. The fourth-order valence-electron chi connectivity index (χ4n) is 2.27. The summed E-state index contributed by atoms with van der Waals surface area (Å²) in [6, 6.07) is 3.64. The maximum atomic E-state index is 10.7. The third kappa shape index (κ3) is 7.25. The molecule has 7 nitrogen and oxygen atoms in total. The summed E-state index contributed by atoms with van der Waals surface area (Å²) >= 11 is 0. The number of hydrogen-bond acceptors (Lipinski definition) is 4. The Labute approximate surface area is 177 Å². The van der Waals surface area contributed by atoms with E-state index in [1.54, 1.807) is 27.4 Å². The maximum absolute atomic E-state index is 10.7. The van der Waals surface area contributed by atoms with Gasteiger partial charge in [0.15, 0.2) is 17.0 Å². The molecule has 0 spiro atoms. The Morgan fingerprint density at radius 2 is 1.21 bits per heavy atom. The normalized spacial score (nSPS) is 9.14. The van der Waals surface area contributed by atoms with Crippen molar-refractivity contribution in [1.82, 2.24) is 0 Å². The molecule has 0 fully saturated rings. The second-order valence-electron chi connectivity index (χ2n) is 5.82. The van der Waals surface area contributed by atoms with Crippen LogP contribution in [0.3, 0.4) is 0 Å². The Balaban J connectivity index is -0.000000815. The van der Waals surface area contributed by atoms with Crippen LogP contribution in [0.1, 0.15) is 26.1 Å². The van der Waals surface area contributed by atoms with E-state index in [4.69, 9.17) is 28.2 Å². The van der Waals surface area contributed by atoms with Crippen LogP contribution in [-0.4, -0.2) is 26.4 Å². The first-order valence-electron chi connectivity index (χ1n) is 7.28. The van der Waals surface area contributed by atoms with Gasteiger partial charge < -0.3 is 19.3 Å². The summed E-state index contributed by atoms with van der Waals surface area (Å²) in [5.41, 5.74) is 0.647. The molecular weight excluding hydrogens is 423 g/mol. The molecule has 1 N–H and O–H groups in total. The number of hydrogen-bond donors (Lipinski definition) is 1. The molecule has 0 radical (unpaired) electrons. The number of methoxy groups -OCH3 is 3. The van der Waals surface area contributed by atoms with Crippen LogP contribution in [0.5, 0.6) is 22.7 Å². The molecule has 0 unspecified atom stereocenters. The van der Waals surface area contributed by atoms with Crippen LogP contribution in [0.25, 0.3) is 10.8 Å². The van der Waals surface area contributed by atoms with Crippen LogP contribution >= 0.6 is 8.19 Å². The van der Waals surface area contributed by atoms with Gasteiger partial charge in [0.2, 0.25) is 0 Å². The first kappa shape index (κ1) is 30.8. The number of rotatable bonds is 3. The first-order chi connectivity index (χ1) is 12.8. The molecule has 1 aromatic carbocycles. The molecule has 0 aliphatic rings. The summed E-state index contributed by atoms with van der Waals surface area (Å²) in [7, 11) is 5.69. The molecule has 28 heavy (non-hydrogen) atoms. The van der Waals surface area contributed by atoms with Gasteiger partial charge in [-0.25, -0.2) is 0 Å². The molecule has 2 aromatic rings. The van der Waals surface area contributed by atoms with E-state index in [0.717, 1.165) is 24.4 Å². The van der Waals surface area contributed by atoms with Crippen molar-refractivity contribution in [2.24, 2.45) is 0 Å². The zero-order valence-corrected chi connectivity index (χ0v) is 18.6. The van der Waals surface area contributed by atoms with E-state index in [-0.39, 0.29) is 22.8 Å². The fraction of sp³-hybridized carbons (Fsp3) is 0.368. The average molecular weight is 444 g/mol. The Morgan fingerprint density at radius 3 is 1.54 bits per heavy atom. The van der Waals surface area contributed by atoms with Crippen molar-refractivity contribution in [1.29, 1.82) is 0 Å². The van der Waals surface area contributed by atoms with E-state index in [1.807, 2.05) is 6.07 Å². The number of aromatic hydroxyl groups is 1. The SMILES string of the molecule is COc1cc2c(OC)pc(C(C)(C)C)c(O)c2cc1OC.[C-]#[O+].[C-]#[O+].[C-]#[O+].[Cr]. The molecule has 0 aliphatic carbocycles. The van der Waals surface area contributed by atoms with Crippen LogP contribution in [0.4, 0.5) is 0 Å². The van der Waals surface area contributed by atoms with Gasteiger partial charge in [-0.3, -0.25) is 0 Å². The molecule has 150 valence electrons. The predicted molar refractivity (Wildman–Crippen MR) is 98.3 cm³/mol. The van der Waals surface area contributed by atoms with Gasteiger partial charge in [0.25, 0.3) is 0 Å². The van der Waals surface area contributed by atoms with E-state index in [9.17, 15) is 5.11 Å². The molecule has 0 atom stereocenters. The van der Waals surface area contributed by atoms with Crippen molar-refractivity contribution in [3.05, 3.63) is 37.4 Å². The minimum absolute atomic E-state index is 0. The first-order valence-corrected chi connectivity index (χ1v) is 8.17. The minimum atomic E-state index is -0.153. The van der Waals surface area contributed by atoms with Crippen molar-refractivity contribution < 1.29 is 50.6 Å². The molecule has 1 aromatic heterocycles. The summed E-state index contributed by atoms with van der Waals surface area (Å²) in [6.45, 7) is 19.7. The van der Waals surface area contributed by atoms with E-state index >= 15 is 0 Å². The number of benzene rings is 1. The zero-order valence-electron chi connectivity index (χ0n) is 16.4. The van der Waals surface area contributed by atoms with Crippen molar-refractivity contribution in [2.75, 3.05) is 21.3 Å². The van der Waals surface area contributed by atoms with Gasteiger partial charge in [-0.15, -0.1) is 0 Å². The Morgan fingerprint density at radius 1 is 0.821 bits per heavy atom. The molecule has 0 bridgehead atoms. The monoisotopic (exact) mass is 444 g/mol. The molecule has 0 saturated carbocycles. The van der Waals surface area contributed by atoms with Crippen LogP contribution in [0.15, 0.2) is 12.1 Å². The van der Waals surface area contributed by atoms with Crippen molar-refractivity contribution >= 4 is 19.0 Å². The van der Waals surface area contributed by atoms with E-state index < -0.39 is 0 Å². The van der Waals surface area contributed by atoms with Crippen LogP contribution in [0, 0.1) is 20.0 Å². The van der Waals surface area contributed by atoms with Gasteiger partial charge in [0.05, 0.1) is 21.3 Å². The van der Waals surface area contributed by atoms with Crippen molar-refractivity contribution in [3.63, 3.8) is 0 Å². The van der Waals surface area contributed by atoms with E-state index in [2.05, 4.69) is 40.7 Å². The second-order valence-corrected chi connectivity index (χ2v) is 6.90. The van der Waals surface area contributed by atoms with E-state index in [1.165, 1.54) is 0 Å². The van der Waals surface area contributed by atoms with Crippen LogP contribution < -0.4 is 14.2 Å². The van der Waals surface area contributed by atoms with Gasteiger partial charge >= 0.3 is 33.9 Å². The van der Waals surface area contributed by atoms with E-state index in [0.29, 0.717) is 22.6 Å². The molecular formula is C19H21CrO7P. The van der Waals surface area contributed by atoms with Crippen molar-refractivity contribution in [3.8, 4) is 22.7 Å². The van der Waals surface area contributed by atoms with Crippen molar-refractivity contribution in [2.45, 2.75) is 26.2 Å². The fourth-order valence-corrected chi connectivity index (χ4v) is 3.43. The third-order valence-electron chi connectivity index (χ3n) is 3.35. The smallest absolute Gasteiger partial charge is 0 e. The second kappa shape index (κ2) is 15.1. The predicted octanol–water partition coefficient (Wildman–Crippen LogP) is 4.33. The summed E-state index contributed by atoms with van der Waals surface area (Å²) in [4.78, 5) is 0. The average Bonchev–Trinajstić information content (AvgIpc) is 2.71. The maximum Gasteiger partial charge on any atom is 0 e. The van der Waals surface area contributed by atoms with Crippen LogP contribution in [0.2, 0.25) is 0 Å². The third-order valence-corrected chi connectivity index (χ3v) is 5.08. The standard InChI is InChI=1S/C16H21O4P.3CO.Cr/c1-16(2,3)14-13(17)9-7-11(18-4)12(19-5)8-10(9)15(20-6)21-14;3*1-2;/h7-8,17H,1-6H3;;;;. The quantitative estimate of drug-likeness (QED) is 0.561. The summed E-state index contributed by atoms with van der Waals surface area (Å²) in [5.74, 6) is 1.50. The molecule has 0 amide bonds. The molecule has 0 aliphatic heterocycles. The number of fused-ring (bicyclic) bond motifs is 1. The molecule has 9 heteroatoms. The van der Waals surface area contributed by atoms with Gasteiger partial charge in [0, 0.05) is 33.4 Å². The summed E-state index contributed by atoms with van der Waals surface area (Å²) < 4.78 is 38.7. The molecule has 2 rings (SSSR count). The topological polar surface area (TPSA) is 108 Å². The molecule has 1 heterocycles. The number of ether oxygens (including phenoxy) is 3. The van der Waals surface area contributed by atoms with Crippen LogP contribution in [-0.2, 0) is 36.7 Å². The zero-order chi connectivity index (χ0) is 21.8. The largest absolute Gasteiger partial charge is 0 e. The Bertz CT molecular complexity index is 794. The Hall–Kier alpha value is -1.92. The summed E-state index contributed by atoms with van der Waals surface area (Å²) in [6.07, 6.45) is 0. The van der Waals surface area contributed by atoms with Gasteiger partial charge in [-0.1, -0.05) is 20.8 Å². The van der Waals surface area contributed by atoms with Gasteiger partial charge in [-0.05, 0) is 25.7 Å². The Kier molecular flexibility index (Phi) is 16.6.